The molecule has 0 saturated carbocycles. The van der Waals surface area contributed by atoms with E-state index in [0.717, 1.165) is 41.5 Å². The van der Waals surface area contributed by atoms with Gasteiger partial charge < -0.3 is 49.7 Å². The highest BCUT2D eigenvalue weighted by Crippen LogP contribution is 2.35. The SMILES string of the molecule is C#CCCCC(=O)Nc1c(CNC(=O)c2cccc(OC(C)=O)c2OC(C)=O)cc(CNC(=O)c2cccc(OC(C)=O)c2OC(C)=O)cc1CNC(=O)c1cccc(OC(C)=O)c1OC(C)=O. The zero-order valence-corrected chi connectivity index (χ0v) is 37.7. The highest BCUT2D eigenvalue weighted by molar-refractivity contribution is 6.01. The van der Waals surface area contributed by atoms with Crippen molar-refractivity contribution >= 4 is 65.1 Å². The Morgan fingerprint density at radius 2 is 0.824 bits per heavy atom. The molecule has 0 aliphatic heterocycles. The number of rotatable bonds is 19. The normalized spacial score (nSPS) is 10.2. The first kappa shape index (κ1) is 51.8. The predicted molar refractivity (Wildman–Crippen MR) is 238 cm³/mol. The number of para-hydroxylation sites is 3. The number of ether oxygens (including phenoxy) is 6. The Balaban J connectivity index is 1.84. The smallest absolute Gasteiger partial charge is 0.308 e. The number of amides is 4. The van der Waals surface area contributed by atoms with Crippen LogP contribution in [0.2, 0.25) is 0 Å². The minimum absolute atomic E-state index is 0.0416. The average molecular weight is 935 g/mol. The molecule has 4 N–H and O–H groups in total. The van der Waals surface area contributed by atoms with Crippen LogP contribution in [0.5, 0.6) is 34.5 Å². The van der Waals surface area contributed by atoms with Gasteiger partial charge in [-0.15, -0.1) is 12.3 Å². The Morgan fingerprint density at radius 3 is 1.15 bits per heavy atom. The van der Waals surface area contributed by atoms with E-state index in [1.807, 2.05) is 0 Å². The van der Waals surface area contributed by atoms with Crippen molar-refractivity contribution in [2.45, 2.75) is 80.4 Å². The third-order valence-electron chi connectivity index (χ3n) is 8.85. The molecular formula is C48H46N4O16. The molecule has 0 bridgehead atoms. The van der Waals surface area contributed by atoms with Crippen LogP contribution in [0.1, 0.15) is 109 Å². The molecule has 4 aromatic carbocycles. The van der Waals surface area contributed by atoms with Crippen molar-refractivity contribution in [1.29, 1.82) is 0 Å². The van der Waals surface area contributed by atoms with Crippen LogP contribution in [0.25, 0.3) is 0 Å². The monoisotopic (exact) mass is 934 g/mol. The highest BCUT2D eigenvalue weighted by Gasteiger charge is 2.25. The molecule has 4 amide bonds. The molecule has 0 aliphatic rings. The van der Waals surface area contributed by atoms with Crippen molar-refractivity contribution in [3.05, 3.63) is 100 Å². The van der Waals surface area contributed by atoms with E-state index in [-0.39, 0.29) is 100 Å². The molecule has 0 fully saturated rings. The van der Waals surface area contributed by atoms with E-state index in [1.54, 1.807) is 0 Å². The first-order valence-corrected chi connectivity index (χ1v) is 20.5. The van der Waals surface area contributed by atoms with Crippen LogP contribution in [0.15, 0.2) is 66.7 Å². The fraction of sp³-hybridized carbons (Fsp3) is 0.250. The predicted octanol–water partition coefficient (Wildman–Crippen LogP) is 4.77. The maximum atomic E-state index is 13.9. The van der Waals surface area contributed by atoms with Gasteiger partial charge in [0.1, 0.15) is 0 Å². The lowest BCUT2D eigenvalue weighted by Gasteiger charge is -2.20. The summed E-state index contributed by atoms with van der Waals surface area (Å²) in [5.41, 5.74) is 0.216. The Morgan fingerprint density at radius 1 is 0.485 bits per heavy atom. The second-order valence-electron chi connectivity index (χ2n) is 14.4. The third kappa shape index (κ3) is 15.1. The van der Waals surface area contributed by atoms with E-state index in [0.29, 0.717) is 12.0 Å². The number of hydrogen-bond donors (Lipinski definition) is 4. The summed E-state index contributed by atoms with van der Waals surface area (Å²) in [4.78, 5) is 127. The van der Waals surface area contributed by atoms with Gasteiger partial charge in [0.2, 0.25) is 5.91 Å². The lowest BCUT2D eigenvalue weighted by Crippen LogP contribution is -2.28. The Kier molecular flexibility index (Phi) is 18.6. The number of unbranched alkanes of at least 4 members (excludes halogenated alkanes) is 1. The summed E-state index contributed by atoms with van der Waals surface area (Å²) in [5.74, 6) is -6.93. The largest absolute Gasteiger partial charge is 0.423 e. The molecule has 0 saturated heterocycles. The highest BCUT2D eigenvalue weighted by atomic mass is 16.6. The molecule has 0 aliphatic carbocycles. The van der Waals surface area contributed by atoms with Crippen LogP contribution >= 0.6 is 0 Å². The molecule has 4 rings (SSSR count). The van der Waals surface area contributed by atoms with Gasteiger partial charge >= 0.3 is 35.8 Å². The number of hydrogen-bond acceptors (Lipinski definition) is 16. The maximum Gasteiger partial charge on any atom is 0.308 e. The first-order valence-electron chi connectivity index (χ1n) is 20.5. The van der Waals surface area contributed by atoms with Crippen LogP contribution < -0.4 is 49.7 Å². The van der Waals surface area contributed by atoms with Crippen LogP contribution in [0, 0.1) is 12.3 Å². The van der Waals surface area contributed by atoms with E-state index in [1.165, 1.54) is 66.7 Å². The number of esters is 6. The molecule has 0 spiro atoms. The number of terminal acetylenes is 1. The average Bonchev–Trinajstić information content (AvgIpc) is 3.25. The molecule has 0 aromatic heterocycles. The molecular weight excluding hydrogens is 889 g/mol. The van der Waals surface area contributed by atoms with E-state index in [2.05, 4.69) is 27.2 Å². The summed E-state index contributed by atoms with van der Waals surface area (Å²) in [7, 11) is 0. The standard InChI is InChI=1S/C48H46N4O16/c1-8-9-10-20-41(59)52-42-33(24-50-47(61)36-15-12-18-39(64-27(3)54)44(36)67-30(6)57)21-32(23-49-46(60)35-14-11-17-38(63-26(2)53)43(35)66-29(5)56)22-34(42)25-51-48(62)37-16-13-19-40(65-28(4)55)45(37)68-31(7)58/h1,11-19,21-22H,9-10,20,23-25H2,2-7H3,(H,49,60)(H,50,61)(H,51,62)(H,52,59). The summed E-state index contributed by atoms with van der Waals surface area (Å²) >= 11 is 0. The van der Waals surface area contributed by atoms with Crippen LogP contribution in [0.3, 0.4) is 0 Å². The van der Waals surface area contributed by atoms with Crippen molar-refractivity contribution in [2.75, 3.05) is 5.32 Å². The third-order valence-corrected chi connectivity index (χ3v) is 8.85. The summed E-state index contributed by atoms with van der Waals surface area (Å²) in [5, 5.41) is 10.9. The Bertz CT molecular complexity index is 2600. The number of nitrogens with one attached hydrogen (secondary N) is 4. The number of carbonyl (C=O) groups is 10. The molecule has 20 heteroatoms. The van der Waals surface area contributed by atoms with E-state index in [9.17, 15) is 47.9 Å². The first-order chi connectivity index (χ1) is 32.3. The van der Waals surface area contributed by atoms with Crippen molar-refractivity contribution < 1.29 is 76.4 Å². The summed E-state index contributed by atoms with van der Waals surface area (Å²) in [6, 6.07) is 15.1. The van der Waals surface area contributed by atoms with E-state index >= 15 is 0 Å². The van der Waals surface area contributed by atoms with Crippen molar-refractivity contribution in [3.63, 3.8) is 0 Å². The molecule has 0 heterocycles. The lowest BCUT2D eigenvalue weighted by molar-refractivity contribution is -0.134. The van der Waals surface area contributed by atoms with Gasteiger partial charge in [-0.05, 0) is 59.5 Å². The van der Waals surface area contributed by atoms with Crippen molar-refractivity contribution in [3.8, 4) is 46.8 Å². The molecule has 0 atom stereocenters. The molecule has 354 valence electrons. The quantitative estimate of drug-likeness (QED) is 0.0427. The zero-order chi connectivity index (χ0) is 50.1. The summed E-state index contributed by atoms with van der Waals surface area (Å²) < 4.78 is 31.3. The second kappa shape index (κ2) is 24.4. The molecule has 20 nitrogen and oxygen atoms in total. The number of carbonyl (C=O) groups excluding carboxylic acids is 10. The fourth-order valence-electron chi connectivity index (χ4n) is 6.29. The summed E-state index contributed by atoms with van der Waals surface area (Å²) in [6.45, 7) is 5.56. The number of benzene rings is 4. The van der Waals surface area contributed by atoms with Gasteiger partial charge in [0.15, 0.2) is 34.5 Å². The second-order valence-corrected chi connectivity index (χ2v) is 14.4. The Labute approximate surface area is 389 Å². The summed E-state index contributed by atoms with van der Waals surface area (Å²) in [6.07, 6.45) is 5.94. The van der Waals surface area contributed by atoms with Crippen molar-refractivity contribution in [2.24, 2.45) is 0 Å². The van der Waals surface area contributed by atoms with E-state index < -0.39 is 59.4 Å². The van der Waals surface area contributed by atoms with E-state index in [4.69, 9.17) is 34.8 Å². The molecule has 0 unspecified atom stereocenters. The minimum atomic E-state index is -0.828. The minimum Gasteiger partial charge on any atom is -0.423 e. The number of anilines is 1. The van der Waals surface area contributed by atoms with Crippen LogP contribution in [-0.2, 0) is 53.2 Å². The molecule has 68 heavy (non-hydrogen) atoms. The van der Waals surface area contributed by atoms with Gasteiger partial charge in [-0.25, -0.2) is 0 Å². The molecule has 4 aromatic rings. The topological polar surface area (TPSA) is 274 Å². The van der Waals surface area contributed by atoms with Crippen LogP contribution in [-0.4, -0.2) is 59.4 Å². The fourth-order valence-corrected chi connectivity index (χ4v) is 6.29. The van der Waals surface area contributed by atoms with Crippen molar-refractivity contribution in [1.82, 2.24) is 16.0 Å². The van der Waals surface area contributed by atoms with Gasteiger partial charge in [0, 0.05) is 74.0 Å². The lowest BCUT2D eigenvalue weighted by atomic mass is 10.0. The molecule has 0 radical (unpaired) electrons. The van der Waals surface area contributed by atoms with Crippen LogP contribution in [0.4, 0.5) is 5.69 Å². The van der Waals surface area contributed by atoms with Gasteiger partial charge in [-0.1, -0.05) is 30.3 Å². The van der Waals surface area contributed by atoms with Gasteiger partial charge in [0.25, 0.3) is 17.7 Å². The van der Waals surface area contributed by atoms with Gasteiger partial charge in [-0.3, -0.25) is 47.9 Å². The zero-order valence-electron chi connectivity index (χ0n) is 37.7. The maximum absolute atomic E-state index is 13.9. The van der Waals surface area contributed by atoms with Gasteiger partial charge in [0.05, 0.1) is 22.4 Å². The van der Waals surface area contributed by atoms with Gasteiger partial charge in [-0.2, -0.15) is 0 Å². The Hall–Kier alpha value is -8.86.